The molecule has 0 aliphatic heterocycles. The van der Waals surface area contributed by atoms with E-state index in [9.17, 15) is 4.39 Å². The van der Waals surface area contributed by atoms with Gasteiger partial charge in [-0.05, 0) is 50.6 Å². The van der Waals surface area contributed by atoms with Crippen LogP contribution in [0.25, 0.3) is 0 Å². The third kappa shape index (κ3) is 3.70. The molecule has 0 saturated carbocycles. The molecular weight excluding hydrogens is 265 g/mol. The second-order valence-electron chi connectivity index (χ2n) is 5.60. The van der Waals surface area contributed by atoms with Crippen LogP contribution in [0.3, 0.4) is 0 Å². The lowest BCUT2D eigenvalue weighted by molar-refractivity contribution is 0.469. The molecule has 2 atom stereocenters. The molecule has 114 valence electrons. The highest BCUT2D eigenvalue weighted by Crippen LogP contribution is 2.20. The molecule has 0 saturated heterocycles. The van der Waals surface area contributed by atoms with Crippen molar-refractivity contribution in [3.63, 3.8) is 0 Å². The Balaban J connectivity index is 2.15. The Hall–Kier alpha value is -1.68. The average Bonchev–Trinajstić information content (AvgIpc) is 2.95. The number of benzene rings is 1. The molecule has 1 heterocycles. The number of hydrogen-bond acceptors (Lipinski definition) is 2. The van der Waals surface area contributed by atoms with E-state index in [0.29, 0.717) is 11.6 Å². The van der Waals surface area contributed by atoms with E-state index in [1.165, 1.54) is 0 Å². The molecule has 2 aromatic rings. The van der Waals surface area contributed by atoms with E-state index in [2.05, 4.69) is 24.3 Å². The minimum Gasteiger partial charge on any atom is -0.313 e. The fourth-order valence-corrected chi connectivity index (χ4v) is 2.34. The molecule has 1 aromatic carbocycles. The fourth-order valence-electron chi connectivity index (χ4n) is 2.34. The first-order valence-corrected chi connectivity index (χ1v) is 7.52. The van der Waals surface area contributed by atoms with Crippen molar-refractivity contribution in [2.24, 2.45) is 0 Å². The van der Waals surface area contributed by atoms with Crippen LogP contribution in [0.2, 0.25) is 0 Å². The van der Waals surface area contributed by atoms with Crippen molar-refractivity contribution < 1.29 is 4.39 Å². The molecule has 0 bridgehead atoms. The number of rotatable bonds is 6. The van der Waals surface area contributed by atoms with Gasteiger partial charge in [-0.3, -0.25) is 4.68 Å². The van der Waals surface area contributed by atoms with Crippen molar-refractivity contribution in [1.82, 2.24) is 15.1 Å². The van der Waals surface area contributed by atoms with Gasteiger partial charge in [-0.15, -0.1) is 0 Å². The van der Waals surface area contributed by atoms with Crippen LogP contribution in [0.1, 0.15) is 49.2 Å². The summed E-state index contributed by atoms with van der Waals surface area (Å²) in [5.41, 5.74) is 2.66. The monoisotopic (exact) mass is 289 g/mol. The zero-order chi connectivity index (χ0) is 15.4. The molecule has 2 rings (SSSR count). The summed E-state index contributed by atoms with van der Waals surface area (Å²) in [7, 11) is 1.90. The topological polar surface area (TPSA) is 29.9 Å². The number of aryl methyl sites for hydroxylation is 1. The Morgan fingerprint density at radius 2 is 2.10 bits per heavy atom. The van der Waals surface area contributed by atoms with Gasteiger partial charge in [-0.25, -0.2) is 4.39 Å². The van der Waals surface area contributed by atoms with E-state index in [-0.39, 0.29) is 11.9 Å². The summed E-state index contributed by atoms with van der Waals surface area (Å²) in [6.45, 7) is 6.08. The third-order valence-corrected chi connectivity index (χ3v) is 4.07. The molecule has 21 heavy (non-hydrogen) atoms. The zero-order valence-electron chi connectivity index (χ0n) is 13.2. The van der Waals surface area contributed by atoms with Crippen LogP contribution in [-0.2, 0) is 6.42 Å². The van der Waals surface area contributed by atoms with Crippen molar-refractivity contribution in [1.29, 1.82) is 0 Å². The van der Waals surface area contributed by atoms with Gasteiger partial charge in [0.1, 0.15) is 5.82 Å². The maximum Gasteiger partial charge on any atom is 0.126 e. The Kier molecular flexibility index (Phi) is 5.12. The highest BCUT2D eigenvalue weighted by atomic mass is 19.1. The van der Waals surface area contributed by atoms with E-state index in [0.717, 1.165) is 24.1 Å². The number of halogens is 1. The van der Waals surface area contributed by atoms with Gasteiger partial charge in [-0.2, -0.15) is 5.10 Å². The predicted molar refractivity (Wildman–Crippen MR) is 83.9 cm³/mol. The largest absolute Gasteiger partial charge is 0.313 e. The molecule has 0 aliphatic carbocycles. The molecular formula is C17H24FN3. The Morgan fingerprint density at radius 1 is 1.33 bits per heavy atom. The number of hydrogen-bond donors (Lipinski definition) is 1. The first kappa shape index (κ1) is 15.7. The average molecular weight is 289 g/mol. The quantitative estimate of drug-likeness (QED) is 0.876. The highest BCUT2D eigenvalue weighted by molar-refractivity contribution is 5.26. The summed E-state index contributed by atoms with van der Waals surface area (Å²) in [5, 5.41) is 7.87. The predicted octanol–water partition coefficient (Wildman–Crippen LogP) is 3.80. The molecule has 3 nitrogen and oxygen atoms in total. The SMILES string of the molecule is CCC(C)n1ccc(CC(NC)c2ccc(C)c(F)c2)n1. The summed E-state index contributed by atoms with van der Waals surface area (Å²) in [4.78, 5) is 0. The summed E-state index contributed by atoms with van der Waals surface area (Å²) >= 11 is 0. The molecule has 4 heteroatoms. The van der Waals surface area contributed by atoms with Crippen molar-refractivity contribution in [2.45, 2.75) is 45.7 Å². The van der Waals surface area contributed by atoms with Crippen LogP contribution in [0.4, 0.5) is 4.39 Å². The molecule has 1 N–H and O–H groups in total. The standard InChI is InChI=1S/C17H24FN3/c1-5-13(3)21-9-8-15(20-21)11-17(19-4)14-7-6-12(2)16(18)10-14/h6-10,13,17,19H,5,11H2,1-4H3. The van der Waals surface area contributed by atoms with Crippen LogP contribution >= 0.6 is 0 Å². The molecule has 0 fully saturated rings. The lowest BCUT2D eigenvalue weighted by atomic mass is 10.0. The van der Waals surface area contributed by atoms with Crippen LogP contribution in [-0.4, -0.2) is 16.8 Å². The van der Waals surface area contributed by atoms with Gasteiger partial charge in [0, 0.05) is 24.7 Å². The number of likely N-dealkylation sites (N-methyl/N-ethyl adjacent to an activating group) is 1. The molecule has 0 amide bonds. The minimum absolute atomic E-state index is 0.0698. The number of aromatic nitrogens is 2. The van der Waals surface area contributed by atoms with Gasteiger partial charge in [0.25, 0.3) is 0 Å². The zero-order valence-corrected chi connectivity index (χ0v) is 13.2. The Bertz CT molecular complexity index is 591. The summed E-state index contributed by atoms with van der Waals surface area (Å²) in [6.07, 6.45) is 3.83. The number of nitrogens with one attached hydrogen (secondary N) is 1. The normalized spacial score (nSPS) is 14.1. The van der Waals surface area contributed by atoms with Gasteiger partial charge in [0.2, 0.25) is 0 Å². The van der Waals surface area contributed by atoms with Gasteiger partial charge < -0.3 is 5.32 Å². The van der Waals surface area contributed by atoms with Crippen molar-refractivity contribution in [2.75, 3.05) is 7.05 Å². The van der Waals surface area contributed by atoms with Gasteiger partial charge in [-0.1, -0.05) is 19.1 Å². The van der Waals surface area contributed by atoms with Crippen LogP contribution in [0.15, 0.2) is 30.5 Å². The van der Waals surface area contributed by atoms with Gasteiger partial charge in [0.15, 0.2) is 0 Å². The van der Waals surface area contributed by atoms with Crippen molar-refractivity contribution >= 4 is 0 Å². The third-order valence-electron chi connectivity index (χ3n) is 4.07. The van der Waals surface area contributed by atoms with E-state index in [4.69, 9.17) is 0 Å². The number of nitrogens with zero attached hydrogens (tertiary/aromatic N) is 2. The van der Waals surface area contributed by atoms with Crippen molar-refractivity contribution in [3.05, 3.63) is 53.1 Å². The van der Waals surface area contributed by atoms with E-state index in [1.54, 1.807) is 13.0 Å². The van der Waals surface area contributed by atoms with Crippen molar-refractivity contribution in [3.8, 4) is 0 Å². The van der Waals surface area contributed by atoms with Crippen LogP contribution in [0, 0.1) is 12.7 Å². The highest BCUT2D eigenvalue weighted by Gasteiger charge is 2.14. The maximum atomic E-state index is 13.7. The first-order valence-electron chi connectivity index (χ1n) is 7.52. The molecule has 0 radical (unpaired) electrons. The smallest absolute Gasteiger partial charge is 0.126 e. The summed E-state index contributed by atoms with van der Waals surface area (Å²) in [5.74, 6) is -0.155. The lowest BCUT2D eigenvalue weighted by Crippen LogP contribution is -2.19. The fraction of sp³-hybridized carbons (Fsp3) is 0.471. The molecule has 0 aliphatic rings. The molecule has 0 spiro atoms. The molecule has 2 unspecified atom stereocenters. The minimum atomic E-state index is -0.155. The second kappa shape index (κ2) is 6.85. The summed E-state index contributed by atoms with van der Waals surface area (Å²) in [6, 6.07) is 7.94. The Morgan fingerprint density at radius 3 is 2.71 bits per heavy atom. The second-order valence-corrected chi connectivity index (χ2v) is 5.60. The van der Waals surface area contributed by atoms with E-state index >= 15 is 0 Å². The lowest BCUT2D eigenvalue weighted by Gasteiger charge is -2.16. The van der Waals surface area contributed by atoms with Crippen LogP contribution < -0.4 is 5.32 Å². The Labute approximate surface area is 126 Å². The van der Waals surface area contributed by atoms with Gasteiger partial charge >= 0.3 is 0 Å². The van der Waals surface area contributed by atoms with Crippen LogP contribution in [0.5, 0.6) is 0 Å². The molecule has 1 aromatic heterocycles. The first-order chi connectivity index (χ1) is 10.0. The van der Waals surface area contributed by atoms with E-state index in [1.807, 2.05) is 36.1 Å². The maximum absolute atomic E-state index is 13.7. The van der Waals surface area contributed by atoms with Gasteiger partial charge in [0.05, 0.1) is 5.69 Å². The van der Waals surface area contributed by atoms with E-state index < -0.39 is 0 Å². The summed E-state index contributed by atoms with van der Waals surface area (Å²) < 4.78 is 15.7.